The van der Waals surface area contributed by atoms with Gasteiger partial charge in [0.25, 0.3) is 0 Å². The van der Waals surface area contributed by atoms with Crippen LogP contribution >= 0.6 is 15.9 Å². The van der Waals surface area contributed by atoms with Gasteiger partial charge in [0.05, 0.1) is 0 Å². The van der Waals surface area contributed by atoms with Gasteiger partial charge in [-0.25, -0.2) is 0 Å². The lowest BCUT2D eigenvalue weighted by molar-refractivity contribution is 0.113. The van der Waals surface area contributed by atoms with Crippen LogP contribution in [0.5, 0.6) is 0 Å². The van der Waals surface area contributed by atoms with E-state index >= 15 is 0 Å². The first-order chi connectivity index (χ1) is 17.8. The van der Waals surface area contributed by atoms with Gasteiger partial charge in [-0.1, -0.05) is 80.3 Å². The summed E-state index contributed by atoms with van der Waals surface area (Å²) >= 11 is 3.97. The molecule has 186 valence electrons. The quantitative estimate of drug-likeness (QED) is 0.269. The Hall–Kier alpha value is -1.34. The topological polar surface area (TPSA) is 0 Å². The summed E-state index contributed by atoms with van der Waals surface area (Å²) in [6.07, 6.45) is 33.8. The molecule has 8 unspecified atom stereocenters. The van der Waals surface area contributed by atoms with E-state index in [0.29, 0.717) is 17.3 Å². The van der Waals surface area contributed by atoms with E-state index in [2.05, 4.69) is 52.4 Å². The van der Waals surface area contributed by atoms with Crippen molar-refractivity contribution in [2.75, 3.05) is 0 Å². The molecule has 0 N–H and O–H groups in total. The zero-order valence-corrected chi connectivity index (χ0v) is 23.2. The predicted molar refractivity (Wildman–Crippen MR) is 151 cm³/mol. The molecule has 1 heteroatoms. The van der Waals surface area contributed by atoms with Crippen molar-refractivity contribution in [2.45, 2.75) is 83.5 Å². The first-order valence-corrected chi connectivity index (χ1v) is 16.2. The summed E-state index contributed by atoms with van der Waals surface area (Å²) < 4.78 is 1.34. The minimum absolute atomic E-state index is 0.346. The molecule has 0 nitrogen and oxygen atoms in total. The van der Waals surface area contributed by atoms with Crippen molar-refractivity contribution in [1.29, 1.82) is 0 Å². The molecule has 0 amide bonds. The normalized spacial score (nSPS) is 45.8. The average molecular weight is 540 g/mol. The zero-order chi connectivity index (χ0) is 23.6. The minimum Gasteiger partial charge on any atom is -0.0882 e. The van der Waals surface area contributed by atoms with E-state index < -0.39 is 0 Å². The molecule has 36 heavy (non-hydrogen) atoms. The predicted octanol–water partition coefficient (Wildman–Crippen LogP) is 9.69. The fourth-order valence-electron chi connectivity index (χ4n) is 11.8. The van der Waals surface area contributed by atoms with Crippen LogP contribution in [-0.4, -0.2) is 0 Å². The van der Waals surface area contributed by atoms with Crippen LogP contribution in [0, 0.1) is 46.8 Å². The molecule has 0 aromatic heterocycles. The maximum Gasteiger partial charge on any atom is 0.0135 e. The summed E-state index contributed by atoms with van der Waals surface area (Å²) in [5.41, 5.74) is 13.8. The van der Waals surface area contributed by atoms with Crippen molar-refractivity contribution in [3.63, 3.8) is 0 Å². The molecular formula is C35H39Br. The van der Waals surface area contributed by atoms with Gasteiger partial charge in [-0.2, -0.15) is 0 Å². The van der Waals surface area contributed by atoms with E-state index in [0.717, 1.165) is 29.6 Å². The number of hydrogen-bond acceptors (Lipinski definition) is 0. The lowest BCUT2D eigenvalue weighted by Crippen LogP contribution is -2.43. The highest BCUT2D eigenvalue weighted by Crippen LogP contribution is 2.76. The van der Waals surface area contributed by atoms with Crippen molar-refractivity contribution in [1.82, 2.24) is 0 Å². The first kappa shape index (κ1) is 21.6. The number of allylic oxidation sites excluding steroid dienone is 14. The van der Waals surface area contributed by atoms with E-state index in [1.54, 1.807) is 0 Å². The molecule has 0 bridgehead atoms. The molecule has 0 heterocycles. The van der Waals surface area contributed by atoms with Gasteiger partial charge in [-0.3, -0.25) is 0 Å². The van der Waals surface area contributed by atoms with Gasteiger partial charge in [0, 0.05) is 21.7 Å². The summed E-state index contributed by atoms with van der Waals surface area (Å²) in [6, 6.07) is 0. The van der Waals surface area contributed by atoms with Crippen molar-refractivity contribution in [3.8, 4) is 0 Å². The van der Waals surface area contributed by atoms with Crippen LogP contribution in [0.1, 0.15) is 83.5 Å². The van der Waals surface area contributed by atoms with Crippen LogP contribution in [0.3, 0.4) is 0 Å². The molecule has 0 aromatic carbocycles. The van der Waals surface area contributed by atoms with Crippen molar-refractivity contribution >= 4 is 15.9 Å². The Kier molecular flexibility index (Phi) is 4.57. The fourth-order valence-corrected chi connectivity index (χ4v) is 12.3. The van der Waals surface area contributed by atoms with Crippen LogP contribution in [0.25, 0.3) is 0 Å². The minimum atomic E-state index is 0.346. The lowest BCUT2D eigenvalue weighted by atomic mass is 9.54. The summed E-state index contributed by atoms with van der Waals surface area (Å²) in [5, 5.41) is 0. The maximum absolute atomic E-state index is 3.97. The molecule has 0 radical (unpaired) electrons. The van der Waals surface area contributed by atoms with Crippen molar-refractivity contribution < 1.29 is 0 Å². The standard InChI is InChI=1S/C35H39Br/c36-20-16-17-24-23-10-3-5-14-29(23)35(31(24)18-20)30-15-6-4-11-26(30)34-27-13-7-12-25-21-8-1-2-9-22(21)28(33(25)27)19-32(34)35/h6,12,15-18,24,26,28,30-33H,1-5,7-11,13-14,19H2. The Morgan fingerprint density at radius 1 is 0.806 bits per heavy atom. The van der Waals surface area contributed by atoms with Crippen LogP contribution in [0.4, 0.5) is 0 Å². The van der Waals surface area contributed by atoms with Gasteiger partial charge < -0.3 is 0 Å². The van der Waals surface area contributed by atoms with E-state index in [4.69, 9.17) is 0 Å². The van der Waals surface area contributed by atoms with Gasteiger partial charge in [-0.05, 0) is 124 Å². The summed E-state index contributed by atoms with van der Waals surface area (Å²) in [7, 11) is 0. The molecule has 9 rings (SSSR count). The van der Waals surface area contributed by atoms with Gasteiger partial charge in [-0.15, -0.1) is 0 Å². The zero-order valence-electron chi connectivity index (χ0n) is 21.6. The number of hydrogen-bond donors (Lipinski definition) is 0. The molecule has 8 atom stereocenters. The highest BCUT2D eigenvalue weighted by Gasteiger charge is 2.68. The van der Waals surface area contributed by atoms with Gasteiger partial charge in [0.1, 0.15) is 0 Å². The molecule has 1 spiro atoms. The second kappa shape index (κ2) is 7.62. The van der Waals surface area contributed by atoms with Crippen molar-refractivity contribution in [3.05, 3.63) is 80.0 Å². The molecule has 1 saturated carbocycles. The molecule has 9 aliphatic rings. The van der Waals surface area contributed by atoms with Crippen LogP contribution < -0.4 is 0 Å². The summed E-state index contributed by atoms with van der Waals surface area (Å²) in [4.78, 5) is 0. The maximum atomic E-state index is 3.97. The molecule has 1 fully saturated rings. The fraction of sp³-hybridized carbons (Fsp3) is 0.600. The second-order valence-electron chi connectivity index (χ2n) is 13.5. The Bertz CT molecular complexity index is 1280. The van der Waals surface area contributed by atoms with E-state index in [-0.39, 0.29) is 0 Å². The van der Waals surface area contributed by atoms with E-state index in [1.807, 2.05) is 39.0 Å². The highest BCUT2D eigenvalue weighted by molar-refractivity contribution is 9.11. The van der Waals surface area contributed by atoms with Gasteiger partial charge in [0.2, 0.25) is 0 Å². The Balaban J connectivity index is 1.31. The molecule has 0 aliphatic heterocycles. The summed E-state index contributed by atoms with van der Waals surface area (Å²) in [6.45, 7) is 0. The number of fused-ring (bicyclic) bond motifs is 11. The Labute approximate surface area is 225 Å². The second-order valence-corrected chi connectivity index (χ2v) is 14.4. The van der Waals surface area contributed by atoms with E-state index in [1.165, 1.54) is 88.0 Å². The smallest absolute Gasteiger partial charge is 0.0135 e. The highest BCUT2D eigenvalue weighted by atomic mass is 79.9. The molecule has 0 saturated heterocycles. The van der Waals surface area contributed by atoms with Gasteiger partial charge >= 0.3 is 0 Å². The van der Waals surface area contributed by atoms with E-state index in [9.17, 15) is 0 Å². The Morgan fingerprint density at radius 2 is 1.67 bits per heavy atom. The largest absolute Gasteiger partial charge is 0.0882 e. The third-order valence-corrected chi connectivity index (χ3v) is 13.1. The number of halogens is 1. The number of rotatable bonds is 0. The van der Waals surface area contributed by atoms with Crippen LogP contribution in [-0.2, 0) is 0 Å². The monoisotopic (exact) mass is 538 g/mol. The van der Waals surface area contributed by atoms with Gasteiger partial charge in [0.15, 0.2) is 0 Å². The molecule has 9 aliphatic carbocycles. The third-order valence-electron chi connectivity index (χ3n) is 12.6. The lowest BCUT2D eigenvalue weighted by Gasteiger charge is -2.49. The Morgan fingerprint density at radius 3 is 2.61 bits per heavy atom. The first-order valence-electron chi connectivity index (χ1n) is 15.4. The average Bonchev–Trinajstić information content (AvgIpc) is 3.52. The SMILES string of the molecule is BrC1=CC2C(C=C1)C1=C(CCCC1)C21C2CC3C4=C(CCCC4)C4=CCCC(=C2C2CCC=CC21)C43. The van der Waals surface area contributed by atoms with Crippen LogP contribution in [0.2, 0.25) is 0 Å². The van der Waals surface area contributed by atoms with Crippen molar-refractivity contribution in [2.24, 2.45) is 46.8 Å². The molecule has 0 aromatic rings. The third kappa shape index (κ3) is 2.49. The van der Waals surface area contributed by atoms with Crippen LogP contribution in [0.15, 0.2) is 80.0 Å². The summed E-state index contributed by atoms with van der Waals surface area (Å²) in [5.74, 6) is 5.24. The molecular weight excluding hydrogens is 500 g/mol.